The zero-order chi connectivity index (χ0) is 22.0. The minimum Gasteiger partial charge on any atom is -0.478 e. The van der Waals surface area contributed by atoms with E-state index in [1.807, 2.05) is 17.9 Å². The zero-order valence-corrected chi connectivity index (χ0v) is 18.4. The Hall–Kier alpha value is -2.89. The number of piperidine rings is 1. The molecule has 2 fully saturated rings. The van der Waals surface area contributed by atoms with Crippen molar-refractivity contribution < 1.29 is 14.7 Å². The average molecular weight is 422 g/mol. The van der Waals surface area contributed by atoms with Crippen LogP contribution in [-0.4, -0.2) is 46.5 Å². The van der Waals surface area contributed by atoms with Gasteiger partial charge in [-0.3, -0.25) is 4.79 Å². The molecule has 0 spiro atoms. The molecule has 0 radical (unpaired) electrons. The molecule has 0 bridgehead atoms. The number of aryl methyl sites for hydroxylation is 1. The Morgan fingerprint density at radius 2 is 1.87 bits per heavy atom. The smallest absolute Gasteiger partial charge is 0.335 e. The minimum absolute atomic E-state index is 0.0877. The lowest BCUT2D eigenvalue weighted by Crippen LogP contribution is -2.35. The monoisotopic (exact) mass is 421 g/mol. The van der Waals surface area contributed by atoms with Gasteiger partial charge < -0.3 is 14.9 Å². The molecule has 0 atom stereocenters. The van der Waals surface area contributed by atoms with Crippen LogP contribution in [0.3, 0.4) is 0 Å². The van der Waals surface area contributed by atoms with Crippen molar-refractivity contribution in [2.24, 2.45) is 0 Å². The Bertz CT molecular complexity index is 978. The first-order valence-electron chi connectivity index (χ1n) is 11.4. The van der Waals surface area contributed by atoms with Crippen molar-refractivity contribution in [1.82, 2.24) is 9.88 Å². The van der Waals surface area contributed by atoms with E-state index >= 15 is 0 Å². The number of anilines is 2. The highest BCUT2D eigenvalue weighted by atomic mass is 16.4. The number of amides is 1. The summed E-state index contributed by atoms with van der Waals surface area (Å²) in [6, 6.07) is 7.30. The van der Waals surface area contributed by atoms with E-state index in [0.717, 1.165) is 74.4 Å². The highest BCUT2D eigenvalue weighted by molar-refractivity contribution is 5.95. The summed E-state index contributed by atoms with van der Waals surface area (Å²) in [4.78, 5) is 33.3. The van der Waals surface area contributed by atoms with Gasteiger partial charge in [0, 0.05) is 31.5 Å². The number of aromatic nitrogens is 1. The van der Waals surface area contributed by atoms with Crippen molar-refractivity contribution in [2.75, 3.05) is 24.5 Å². The number of rotatable bonds is 7. The molecule has 1 aliphatic carbocycles. The van der Waals surface area contributed by atoms with Crippen LogP contribution in [0, 0.1) is 6.92 Å². The number of carbonyl (C=O) groups is 2. The van der Waals surface area contributed by atoms with Gasteiger partial charge in [-0.1, -0.05) is 6.92 Å². The number of pyridine rings is 1. The molecule has 1 aromatic carbocycles. The normalized spacial score (nSPS) is 16.3. The number of likely N-dealkylation sites (tertiary alicyclic amines) is 1. The van der Waals surface area contributed by atoms with Crippen molar-refractivity contribution in [3.05, 3.63) is 52.7 Å². The first kappa shape index (κ1) is 21.3. The lowest BCUT2D eigenvalue weighted by atomic mass is 10.0. The second-order valence-corrected chi connectivity index (χ2v) is 8.72. The summed E-state index contributed by atoms with van der Waals surface area (Å²) in [6.45, 7) is 6.50. The third kappa shape index (κ3) is 4.58. The Kier molecular flexibility index (Phi) is 6.25. The van der Waals surface area contributed by atoms with E-state index < -0.39 is 5.97 Å². The van der Waals surface area contributed by atoms with Crippen LogP contribution < -0.4 is 4.90 Å². The topological polar surface area (TPSA) is 73.7 Å². The van der Waals surface area contributed by atoms with Crippen LogP contribution in [0.25, 0.3) is 0 Å². The summed E-state index contributed by atoms with van der Waals surface area (Å²) in [7, 11) is 0. The Morgan fingerprint density at radius 1 is 1.13 bits per heavy atom. The highest BCUT2D eigenvalue weighted by Gasteiger charge is 2.31. The number of carboxylic acids is 1. The fourth-order valence-electron chi connectivity index (χ4n) is 4.45. The van der Waals surface area contributed by atoms with Gasteiger partial charge >= 0.3 is 5.97 Å². The van der Waals surface area contributed by atoms with Crippen molar-refractivity contribution in [3.63, 3.8) is 0 Å². The standard InChI is InChI=1S/C25H31N3O3/c1-3-11-28(22-10-9-19(25(30)31)14-17(22)2)23-21(18-7-8-18)15-20(16-26-23)24(29)27-12-5-4-6-13-27/h9-10,14-16,18H,3-8,11-13H2,1-2H3,(H,30,31). The molecule has 2 aromatic rings. The Labute approximate surface area is 183 Å². The van der Waals surface area contributed by atoms with Gasteiger partial charge in [0.2, 0.25) is 0 Å². The number of benzene rings is 1. The van der Waals surface area contributed by atoms with Crippen molar-refractivity contribution in [3.8, 4) is 0 Å². The summed E-state index contributed by atoms with van der Waals surface area (Å²) in [5, 5.41) is 9.31. The number of carbonyl (C=O) groups excluding carboxylic acids is 1. The lowest BCUT2D eigenvalue weighted by molar-refractivity contribution is 0.0694. The maximum Gasteiger partial charge on any atom is 0.335 e. The third-order valence-corrected chi connectivity index (χ3v) is 6.24. The molecule has 6 nitrogen and oxygen atoms in total. The lowest BCUT2D eigenvalue weighted by Gasteiger charge is -2.29. The van der Waals surface area contributed by atoms with Crippen LogP contribution in [0.15, 0.2) is 30.5 Å². The Balaban J connectivity index is 1.70. The first-order valence-corrected chi connectivity index (χ1v) is 11.4. The van der Waals surface area contributed by atoms with Crippen LogP contribution >= 0.6 is 0 Å². The molecule has 1 aromatic heterocycles. The minimum atomic E-state index is -0.922. The molecule has 1 saturated heterocycles. The van der Waals surface area contributed by atoms with Gasteiger partial charge in [0.05, 0.1) is 11.1 Å². The summed E-state index contributed by atoms with van der Waals surface area (Å²) < 4.78 is 0. The van der Waals surface area contributed by atoms with Crippen LogP contribution in [-0.2, 0) is 0 Å². The van der Waals surface area contributed by atoms with Gasteiger partial charge in [0.1, 0.15) is 5.82 Å². The molecule has 1 amide bonds. The van der Waals surface area contributed by atoms with Crippen LogP contribution in [0.4, 0.5) is 11.5 Å². The number of hydrogen-bond acceptors (Lipinski definition) is 4. The second-order valence-electron chi connectivity index (χ2n) is 8.72. The molecule has 0 unspecified atom stereocenters. The van der Waals surface area contributed by atoms with Gasteiger partial charge in [-0.2, -0.15) is 0 Å². The maximum absolute atomic E-state index is 13.0. The van der Waals surface area contributed by atoms with Crippen LogP contribution in [0.5, 0.6) is 0 Å². The van der Waals surface area contributed by atoms with E-state index in [-0.39, 0.29) is 11.5 Å². The van der Waals surface area contributed by atoms with Crippen molar-refractivity contribution in [1.29, 1.82) is 0 Å². The van der Waals surface area contributed by atoms with E-state index in [2.05, 4.69) is 17.9 Å². The molecule has 1 aliphatic heterocycles. The molecule has 1 saturated carbocycles. The zero-order valence-electron chi connectivity index (χ0n) is 18.4. The van der Waals surface area contributed by atoms with Gasteiger partial charge in [0.15, 0.2) is 0 Å². The van der Waals surface area contributed by atoms with Gasteiger partial charge in [-0.05, 0) is 86.8 Å². The molecule has 164 valence electrons. The predicted octanol–water partition coefficient (Wildman–Crippen LogP) is 5.14. The van der Waals surface area contributed by atoms with Crippen LogP contribution in [0.2, 0.25) is 0 Å². The molecule has 4 rings (SSSR count). The Morgan fingerprint density at radius 3 is 2.48 bits per heavy atom. The molecule has 1 N–H and O–H groups in total. The summed E-state index contributed by atoms with van der Waals surface area (Å²) >= 11 is 0. The van der Waals surface area contributed by atoms with E-state index in [9.17, 15) is 14.7 Å². The summed E-state index contributed by atoms with van der Waals surface area (Å²) in [6.07, 6.45) is 8.23. The van der Waals surface area contributed by atoms with E-state index in [1.54, 1.807) is 18.3 Å². The molecular weight excluding hydrogens is 390 g/mol. The molecular formula is C25H31N3O3. The largest absolute Gasteiger partial charge is 0.478 e. The first-order chi connectivity index (χ1) is 15.0. The van der Waals surface area contributed by atoms with Gasteiger partial charge in [-0.25, -0.2) is 9.78 Å². The fraction of sp³-hybridized carbons (Fsp3) is 0.480. The highest BCUT2D eigenvalue weighted by Crippen LogP contribution is 2.45. The molecule has 2 aliphatic rings. The average Bonchev–Trinajstić information content (AvgIpc) is 3.63. The number of nitrogens with zero attached hydrogens (tertiary/aromatic N) is 3. The van der Waals surface area contributed by atoms with E-state index in [1.165, 1.54) is 6.42 Å². The van der Waals surface area contributed by atoms with Crippen molar-refractivity contribution in [2.45, 2.75) is 58.3 Å². The number of hydrogen-bond donors (Lipinski definition) is 1. The molecule has 2 heterocycles. The predicted molar refractivity (Wildman–Crippen MR) is 121 cm³/mol. The SMILES string of the molecule is CCCN(c1ccc(C(=O)O)cc1C)c1ncc(C(=O)N2CCCCC2)cc1C1CC1. The van der Waals surface area contributed by atoms with E-state index in [0.29, 0.717) is 11.5 Å². The number of aromatic carboxylic acids is 1. The number of carboxylic acid groups (broad SMARTS) is 1. The fourth-order valence-corrected chi connectivity index (χ4v) is 4.45. The quantitative estimate of drug-likeness (QED) is 0.670. The van der Waals surface area contributed by atoms with Crippen LogP contribution in [0.1, 0.15) is 83.2 Å². The second kappa shape index (κ2) is 9.08. The van der Waals surface area contributed by atoms with E-state index in [4.69, 9.17) is 4.98 Å². The molecule has 31 heavy (non-hydrogen) atoms. The summed E-state index contributed by atoms with van der Waals surface area (Å²) in [5.41, 5.74) is 3.98. The third-order valence-electron chi connectivity index (χ3n) is 6.24. The van der Waals surface area contributed by atoms with Gasteiger partial charge in [-0.15, -0.1) is 0 Å². The maximum atomic E-state index is 13.0. The molecule has 6 heteroatoms. The summed E-state index contributed by atoms with van der Waals surface area (Å²) in [5.74, 6) is 0.499. The van der Waals surface area contributed by atoms with Crippen molar-refractivity contribution >= 4 is 23.4 Å². The van der Waals surface area contributed by atoms with Gasteiger partial charge in [0.25, 0.3) is 5.91 Å².